The van der Waals surface area contributed by atoms with Crippen LogP contribution >= 0.6 is 0 Å². The van der Waals surface area contributed by atoms with Crippen molar-refractivity contribution in [3.05, 3.63) is 131 Å². The van der Waals surface area contributed by atoms with Gasteiger partial charge < -0.3 is 0 Å². The Balaban J connectivity index is 1.43. The van der Waals surface area contributed by atoms with Crippen LogP contribution < -0.4 is 10.3 Å². The second-order valence-corrected chi connectivity index (χ2v) is 10.3. The van der Waals surface area contributed by atoms with Crippen LogP contribution in [0.1, 0.15) is 44.1 Å². The summed E-state index contributed by atoms with van der Waals surface area (Å²) in [5, 5.41) is 4.44. The quantitative estimate of drug-likeness (QED) is 0.250. The Labute approximate surface area is 225 Å². The number of hydrogen-bond donors (Lipinski definition) is 1. The summed E-state index contributed by atoms with van der Waals surface area (Å²) in [4.78, 5) is 46.7. The number of aromatic nitrogens is 1. The number of carbonyl (C=O) groups is 3. The Bertz CT molecular complexity index is 1650. The molecule has 7 heteroatoms. The molecular weight excluding hydrogens is 488 g/mol. The molecule has 1 fully saturated rings. The van der Waals surface area contributed by atoms with Gasteiger partial charge in [-0.3, -0.25) is 19.4 Å². The van der Waals surface area contributed by atoms with E-state index in [2.05, 4.69) is 15.5 Å². The summed E-state index contributed by atoms with van der Waals surface area (Å²) in [6.07, 6.45) is 4.75. The van der Waals surface area contributed by atoms with Gasteiger partial charge in [0.1, 0.15) is 0 Å². The number of rotatable bonds is 4. The van der Waals surface area contributed by atoms with Gasteiger partial charge >= 0.3 is 0 Å². The zero-order chi connectivity index (χ0) is 26.7. The summed E-state index contributed by atoms with van der Waals surface area (Å²) in [5.41, 5.74) is 7.37. The predicted octanol–water partition coefficient (Wildman–Crippen LogP) is 4.36. The van der Waals surface area contributed by atoms with Crippen LogP contribution in [-0.4, -0.2) is 28.9 Å². The molecule has 3 aromatic carbocycles. The number of nitrogens with zero attached hydrogens (tertiary/aromatic N) is 3. The number of benzene rings is 3. The number of anilines is 1. The second kappa shape index (κ2) is 8.56. The Kier molecular flexibility index (Phi) is 5.10. The molecule has 7 nitrogen and oxygen atoms in total. The first-order valence-electron chi connectivity index (χ1n) is 12.9. The van der Waals surface area contributed by atoms with Gasteiger partial charge in [-0.15, -0.1) is 0 Å². The first-order chi connectivity index (χ1) is 19.0. The molecule has 3 amide bonds. The van der Waals surface area contributed by atoms with Crippen LogP contribution in [0.15, 0.2) is 102 Å². The van der Waals surface area contributed by atoms with Gasteiger partial charge in [0.05, 0.1) is 22.9 Å². The molecule has 0 radical (unpaired) electrons. The number of imide groups is 1. The Morgan fingerprint density at radius 3 is 2.15 bits per heavy atom. The highest BCUT2D eigenvalue weighted by atomic mass is 16.2. The maximum Gasteiger partial charge on any atom is 0.271 e. The fourth-order valence-corrected chi connectivity index (χ4v) is 6.86. The molecule has 1 saturated heterocycles. The van der Waals surface area contributed by atoms with E-state index in [-0.39, 0.29) is 23.6 Å². The number of carbonyl (C=O) groups excluding carboxylic acids is 3. The topological polar surface area (TPSA) is 91.7 Å². The number of aryl methyl sites for hydroxylation is 1. The van der Waals surface area contributed by atoms with E-state index in [0.29, 0.717) is 11.3 Å². The van der Waals surface area contributed by atoms with Gasteiger partial charge in [-0.1, -0.05) is 66.7 Å². The summed E-state index contributed by atoms with van der Waals surface area (Å²) in [6.45, 7) is 1.90. The fourth-order valence-electron chi connectivity index (χ4n) is 6.86. The van der Waals surface area contributed by atoms with Crippen molar-refractivity contribution in [2.45, 2.75) is 18.3 Å². The largest absolute Gasteiger partial charge is 0.274 e. The Morgan fingerprint density at radius 1 is 0.872 bits per heavy atom. The van der Waals surface area contributed by atoms with Crippen molar-refractivity contribution >= 4 is 29.6 Å². The predicted molar refractivity (Wildman–Crippen MR) is 146 cm³/mol. The first kappa shape index (κ1) is 23.2. The smallest absolute Gasteiger partial charge is 0.271 e. The van der Waals surface area contributed by atoms with E-state index in [1.807, 2.05) is 79.7 Å². The van der Waals surface area contributed by atoms with Crippen molar-refractivity contribution in [1.29, 1.82) is 0 Å². The second-order valence-electron chi connectivity index (χ2n) is 10.3. The van der Waals surface area contributed by atoms with Crippen LogP contribution in [0.5, 0.6) is 0 Å². The van der Waals surface area contributed by atoms with E-state index in [1.54, 1.807) is 30.7 Å². The van der Waals surface area contributed by atoms with Crippen LogP contribution in [0.2, 0.25) is 0 Å². The van der Waals surface area contributed by atoms with Crippen LogP contribution in [-0.2, 0) is 15.0 Å². The highest BCUT2D eigenvalue weighted by Gasteiger charge is 2.68. The molecule has 1 aromatic heterocycles. The molecule has 2 heterocycles. The number of para-hydroxylation sites is 1. The average molecular weight is 513 g/mol. The highest BCUT2D eigenvalue weighted by Crippen LogP contribution is 2.63. The van der Waals surface area contributed by atoms with E-state index < -0.39 is 17.3 Å². The molecule has 3 aliphatic carbocycles. The third kappa shape index (κ3) is 3.13. The van der Waals surface area contributed by atoms with E-state index in [0.717, 1.165) is 27.8 Å². The molecule has 4 aromatic rings. The lowest BCUT2D eigenvalue weighted by molar-refractivity contribution is -0.122. The molecule has 0 saturated carbocycles. The van der Waals surface area contributed by atoms with E-state index >= 15 is 0 Å². The van der Waals surface area contributed by atoms with Crippen molar-refractivity contribution < 1.29 is 14.4 Å². The molecule has 0 spiro atoms. The minimum atomic E-state index is -1.04. The van der Waals surface area contributed by atoms with E-state index in [9.17, 15) is 14.4 Å². The Hall–Kier alpha value is -4.91. The summed E-state index contributed by atoms with van der Waals surface area (Å²) in [5.74, 6) is -2.39. The lowest BCUT2D eigenvalue weighted by atomic mass is 9.47. The van der Waals surface area contributed by atoms with Crippen LogP contribution in [0.4, 0.5) is 5.69 Å². The van der Waals surface area contributed by atoms with Crippen molar-refractivity contribution in [2.75, 3.05) is 4.90 Å². The molecule has 1 aliphatic heterocycles. The zero-order valence-corrected chi connectivity index (χ0v) is 21.1. The van der Waals surface area contributed by atoms with Gasteiger partial charge in [0.15, 0.2) is 0 Å². The molecule has 39 heavy (non-hydrogen) atoms. The van der Waals surface area contributed by atoms with Crippen molar-refractivity contribution in [2.24, 2.45) is 16.9 Å². The summed E-state index contributed by atoms with van der Waals surface area (Å²) < 4.78 is 0. The van der Waals surface area contributed by atoms with E-state index in [1.165, 1.54) is 4.90 Å². The number of amides is 3. The Morgan fingerprint density at radius 2 is 1.49 bits per heavy atom. The van der Waals surface area contributed by atoms with E-state index in [4.69, 9.17) is 0 Å². The maximum atomic E-state index is 14.4. The molecular formula is C32H24N4O3. The van der Waals surface area contributed by atoms with Crippen LogP contribution in [0.3, 0.4) is 0 Å². The van der Waals surface area contributed by atoms with Crippen molar-refractivity contribution in [3.8, 4) is 0 Å². The molecule has 2 atom stereocenters. The average Bonchev–Trinajstić information content (AvgIpc) is 3.24. The van der Waals surface area contributed by atoms with Gasteiger partial charge in [-0.05, 0) is 52.9 Å². The molecule has 1 N–H and O–H groups in total. The minimum absolute atomic E-state index is 0.202. The van der Waals surface area contributed by atoms with Crippen molar-refractivity contribution in [3.63, 3.8) is 0 Å². The summed E-state index contributed by atoms with van der Waals surface area (Å²) in [7, 11) is 0. The third-order valence-electron chi connectivity index (χ3n) is 8.42. The minimum Gasteiger partial charge on any atom is -0.274 e. The number of pyridine rings is 1. The maximum absolute atomic E-state index is 14.4. The normalized spacial score (nSPS) is 24.4. The molecule has 8 rings (SSSR count). The monoisotopic (exact) mass is 512 g/mol. The lowest BCUT2D eigenvalue weighted by Gasteiger charge is -2.52. The molecule has 2 bridgehead atoms. The zero-order valence-electron chi connectivity index (χ0n) is 21.1. The molecule has 4 aliphatic rings. The van der Waals surface area contributed by atoms with Crippen LogP contribution in [0.25, 0.3) is 0 Å². The van der Waals surface area contributed by atoms with Gasteiger partial charge in [0.2, 0.25) is 11.8 Å². The summed E-state index contributed by atoms with van der Waals surface area (Å²) in [6, 6.07) is 26.6. The third-order valence-corrected chi connectivity index (χ3v) is 8.42. The van der Waals surface area contributed by atoms with Crippen LogP contribution in [0, 0.1) is 18.8 Å². The van der Waals surface area contributed by atoms with Gasteiger partial charge in [0, 0.05) is 30.1 Å². The standard InChI is InChI=1S/C32H24N4O3/c1-19-8-2-7-13-25(19)36-30(38)27-26-21-9-3-5-11-23(21)32(28(27)31(36)39,24-12-6-4-10-22(24)26)18-34-35-29(37)20-14-16-33-17-15-20/h2-18,26-28H,1H3,(H,35,37)/b34-18-/t26?,27-,28+,32?/m1/s1. The lowest BCUT2D eigenvalue weighted by Crippen LogP contribution is -2.54. The van der Waals surface area contributed by atoms with Gasteiger partial charge in [-0.2, -0.15) is 5.10 Å². The number of hydrogen-bond acceptors (Lipinski definition) is 5. The molecule has 0 unspecified atom stereocenters. The first-order valence-corrected chi connectivity index (χ1v) is 12.9. The summed E-state index contributed by atoms with van der Waals surface area (Å²) >= 11 is 0. The SMILES string of the molecule is Cc1ccccc1N1C(=O)[C@@H]2C3c4ccccc4C(/C=N\NC(=O)c4ccncc4)(c4ccccc43)[C@@H]2C1=O. The van der Waals surface area contributed by atoms with Gasteiger partial charge in [-0.25, -0.2) is 10.3 Å². The highest BCUT2D eigenvalue weighted by molar-refractivity contribution is 6.25. The number of nitrogens with one attached hydrogen (secondary N) is 1. The van der Waals surface area contributed by atoms with Gasteiger partial charge in [0.25, 0.3) is 5.91 Å². The fraction of sp³-hybridized carbons (Fsp3) is 0.156. The molecule has 190 valence electrons. The van der Waals surface area contributed by atoms with Crippen molar-refractivity contribution in [1.82, 2.24) is 10.4 Å². The number of hydrazone groups is 1.